The summed E-state index contributed by atoms with van der Waals surface area (Å²) in [5, 5.41) is 6.33. The van der Waals surface area contributed by atoms with Crippen LogP contribution >= 0.6 is 11.6 Å². The molecule has 0 radical (unpaired) electrons. The van der Waals surface area contributed by atoms with Crippen LogP contribution in [-0.4, -0.2) is 62.7 Å². The molecule has 1 fully saturated rings. The first-order valence-electron chi connectivity index (χ1n) is 10.5. The lowest BCUT2D eigenvalue weighted by Crippen LogP contribution is -2.38. The topological polar surface area (TPSA) is 73.9 Å². The van der Waals surface area contributed by atoms with Gasteiger partial charge >= 0.3 is 0 Å². The lowest BCUT2D eigenvalue weighted by atomic mass is 10.2. The Morgan fingerprint density at radius 1 is 1.00 bits per heavy atom. The Morgan fingerprint density at radius 3 is 2.16 bits per heavy atom. The number of likely N-dealkylation sites (N-methyl/N-ethyl adjacent to an activating group) is 1. The van der Waals surface area contributed by atoms with Crippen LogP contribution < -0.4 is 15.5 Å². The minimum absolute atomic E-state index is 0.116. The highest BCUT2D eigenvalue weighted by Crippen LogP contribution is 2.20. The van der Waals surface area contributed by atoms with Crippen molar-refractivity contribution in [2.45, 2.75) is 13.8 Å². The number of benzene rings is 2. The molecule has 0 saturated carbocycles. The molecular formula is C23H29ClN4O3. The molecule has 1 heterocycles. The fraction of sp³-hybridized carbons (Fsp3) is 0.391. The molecule has 1 aliphatic heterocycles. The van der Waals surface area contributed by atoms with Crippen LogP contribution in [0.4, 0.5) is 17.1 Å². The first-order chi connectivity index (χ1) is 14.9. The molecule has 1 saturated heterocycles. The van der Waals surface area contributed by atoms with E-state index in [9.17, 15) is 9.59 Å². The van der Waals surface area contributed by atoms with Gasteiger partial charge in [-0.1, -0.05) is 24.6 Å². The molecule has 0 spiro atoms. The molecular weight excluding hydrogens is 416 g/mol. The van der Waals surface area contributed by atoms with Crippen LogP contribution in [0, 0.1) is 6.92 Å². The standard InChI is InChI=1S/C23H29ClN4O3/c1-3-27(16-23(30)26-19-5-4-17(2)21(24)14-19)15-22(29)25-18-6-8-20(9-7-18)28-10-12-31-13-11-28/h4-9,14H,3,10-13,15-16H2,1-2H3,(H,25,29)(H,26,30). The maximum Gasteiger partial charge on any atom is 0.238 e. The minimum Gasteiger partial charge on any atom is -0.378 e. The van der Waals surface area contributed by atoms with Crippen molar-refractivity contribution >= 4 is 40.5 Å². The van der Waals surface area contributed by atoms with Crippen molar-refractivity contribution in [1.82, 2.24) is 4.90 Å². The Morgan fingerprint density at radius 2 is 1.58 bits per heavy atom. The van der Waals surface area contributed by atoms with Gasteiger partial charge in [0.2, 0.25) is 11.8 Å². The van der Waals surface area contributed by atoms with E-state index in [1.54, 1.807) is 11.0 Å². The summed E-state index contributed by atoms with van der Waals surface area (Å²) in [6.07, 6.45) is 0. The number of aryl methyl sites for hydroxylation is 1. The number of rotatable bonds is 8. The van der Waals surface area contributed by atoms with Crippen LogP contribution in [0.3, 0.4) is 0 Å². The van der Waals surface area contributed by atoms with E-state index >= 15 is 0 Å². The summed E-state index contributed by atoms with van der Waals surface area (Å²) in [5.74, 6) is -0.350. The number of hydrogen-bond donors (Lipinski definition) is 2. The quantitative estimate of drug-likeness (QED) is 0.653. The van der Waals surface area contributed by atoms with E-state index in [1.165, 1.54) is 0 Å². The van der Waals surface area contributed by atoms with E-state index in [0.717, 1.165) is 43.2 Å². The highest BCUT2D eigenvalue weighted by molar-refractivity contribution is 6.31. The number of anilines is 3. The number of amides is 2. The zero-order chi connectivity index (χ0) is 22.2. The molecule has 0 atom stereocenters. The highest BCUT2D eigenvalue weighted by atomic mass is 35.5. The maximum atomic E-state index is 12.5. The number of halogens is 1. The van der Waals surface area contributed by atoms with Gasteiger partial charge in [0.05, 0.1) is 26.3 Å². The van der Waals surface area contributed by atoms with Crippen LogP contribution in [0.15, 0.2) is 42.5 Å². The Kier molecular flexibility index (Phi) is 8.28. The zero-order valence-electron chi connectivity index (χ0n) is 18.0. The van der Waals surface area contributed by atoms with Gasteiger partial charge < -0.3 is 20.3 Å². The van der Waals surface area contributed by atoms with Crippen LogP contribution in [0.2, 0.25) is 5.02 Å². The number of nitrogens with one attached hydrogen (secondary N) is 2. The van der Waals surface area contributed by atoms with Gasteiger partial charge in [-0.2, -0.15) is 0 Å². The smallest absolute Gasteiger partial charge is 0.238 e. The third-order valence-corrected chi connectivity index (χ3v) is 5.57. The van der Waals surface area contributed by atoms with E-state index in [0.29, 0.717) is 17.3 Å². The Hall–Kier alpha value is -2.61. The van der Waals surface area contributed by atoms with Gasteiger partial charge in [0.15, 0.2) is 0 Å². The molecule has 2 aromatic rings. The van der Waals surface area contributed by atoms with Gasteiger partial charge in [0.1, 0.15) is 0 Å². The largest absolute Gasteiger partial charge is 0.378 e. The molecule has 3 rings (SSSR count). The summed E-state index contributed by atoms with van der Waals surface area (Å²) < 4.78 is 5.38. The fourth-order valence-electron chi connectivity index (χ4n) is 3.33. The first-order valence-corrected chi connectivity index (χ1v) is 10.8. The van der Waals surface area contributed by atoms with E-state index < -0.39 is 0 Å². The molecule has 2 amide bonds. The molecule has 8 heteroatoms. The molecule has 0 unspecified atom stereocenters. The summed E-state index contributed by atoms with van der Waals surface area (Å²) in [4.78, 5) is 28.9. The molecule has 2 N–H and O–H groups in total. The number of morpholine rings is 1. The summed E-state index contributed by atoms with van der Waals surface area (Å²) in [7, 11) is 0. The van der Waals surface area contributed by atoms with Gasteiger partial charge in [0, 0.05) is 35.2 Å². The second kappa shape index (κ2) is 11.1. The van der Waals surface area contributed by atoms with Crippen molar-refractivity contribution in [2.75, 3.05) is 61.5 Å². The lowest BCUT2D eigenvalue weighted by molar-refractivity contribution is -0.119. The number of nitrogens with zero attached hydrogens (tertiary/aromatic N) is 2. The highest BCUT2D eigenvalue weighted by Gasteiger charge is 2.15. The molecule has 166 valence electrons. The molecule has 7 nitrogen and oxygen atoms in total. The summed E-state index contributed by atoms with van der Waals surface area (Å²) in [6.45, 7) is 7.84. The molecule has 2 aromatic carbocycles. The van der Waals surface area contributed by atoms with E-state index in [2.05, 4.69) is 15.5 Å². The zero-order valence-corrected chi connectivity index (χ0v) is 18.7. The summed E-state index contributed by atoms with van der Waals surface area (Å²) in [5.41, 5.74) is 3.44. The predicted molar refractivity (Wildman–Crippen MR) is 125 cm³/mol. The average Bonchev–Trinajstić information content (AvgIpc) is 2.77. The van der Waals surface area contributed by atoms with Crippen molar-refractivity contribution in [3.8, 4) is 0 Å². The minimum atomic E-state index is -0.190. The average molecular weight is 445 g/mol. The Bertz CT molecular complexity index is 898. The van der Waals surface area contributed by atoms with Gasteiger partial charge in [-0.15, -0.1) is 0 Å². The van der Waals surface area contributed by atoms with Gasteiger partial charge in [-0.05, 0) is 55.4 Å². The van der Waals surface area contributed by atoms with Crippen molar-refractivity contribution in [1.29, 1.82) is 0 Å². The Labute approximate surface area is 188 Å². The Balaban J connectivity index is 1.48. The van der Waals surface area contributed by atoms with Crippen molar-refractivity contribution < 1.29 is 14.3 Å². The normalized spacial score (nSPS) is 13.9. The third-order valence-electron chi connectivity index (χ3n) is 5.16. The first kappa shape index (κ1) is 23.1. The lowest BCUT2D eigenvalue weighted by Gasteiger charge is -2.29. The third kappa shape index (κ3) is 6.95. The monoisotopic (exact) mass is 444 g/mol. The number of hydrogen-bond acceptors (Lipinski definition) is 5. The summed E-state index contributed by atoms with van der Waals surface area (Å²) in [6, 6.07) is 13.2. The van der Waals surface area contributed by atoms with Gasteiger partial charge in [-0.25, -0.2) is 0 Å². The number of carbonyl (C=O) groups is 2. The van der Waals surface area contributed by atoms with E-state index in [4.69, 9.17) is 16.3 Å². The van der Waals surface area contributed by atoms with Crippen LogP contribution in [-0.2, 0) is 14.3 Å². The van der Waals surface area contributed by atoms with Gasteiger partial charge in [-0.3, -0.25) is 14.5 Å². The van der Waals surface area contributed by atoms with Crippen LogP contribution in [0.1, 0.15) is 12.5 Å². The second-order valence-electron chi connectivity index (χ2n) is 7.51. The number of ether oxygens (including phenoxy) is 1. The van der Waals surface area contributed by atoms with Crippen LogP contribution in [0.25, 0.3) is 0 Å². The molecule has 0 bridgehead atoms. The summed E-state index contributed by atoms with van der Waals surface area (Å²) >= 11 is 6.11. The van der Waals surface area contributed by atoms with E-state index in [1.807, 2.05) is 50.2 Å². The van der Waals surface area contributed by atoms with Crippen LogP contribution in [0.5, 0.6) is 0 Å². The molecule has 0 aromatic heterocycles. The van der Waals surface area contributed by atoms with Crippen molar-refractivity contribution in [2.24, 2.45) is 0 Å². The number of carbonyl (C=O) groups excluding carboxylic acids is 2. The maximum absolute atomic E-state index is 12.5. The SMILES string of the molecule is CCN(CC(=O)Nc1ccc(N2CCOCC2)cc1)CC(=O)Nc1ccc(C)c(Cl)c1. The fourth-order valence-corrected chi connectivity index (χ4v) is 3.52. The van der Waals surface area contributed by atoms with E-state index in [-0.39, 0.29) is 24.9 Å². The van der Waals surface area contributed by atoms with Crippen molar-refractivity contribution in [3.05, 3.63) is 53.1 Å². The molecule has 0 aliphatic carbocycles. The van der Waals surface area contributed by atoms with Gasteiger partial charge in [0.25, 0.3) is 0 Å². The molecule has 1 aliphatic rings. The molecule has 31 heavy (non-hydrogen) atoms. The predicted octanol–water partition coefficient (Wildman–Crippen LogP) is 3.38. The van der Waals surface area contributed by atoms with Crippen molar-refractivity contribution in [3.63, 3.8) is 0 Å². The second-order valence-corrected chi connectivity index (χ2v) is 7.92.